The number of fused-ring (bicyclic) bond motifs is 1. The maximum atomic E-state index is 11.5. The molecule has 196 valence electrons. The van der Waals surface area contributed by atoms with Crippen LogP contribution in [0.2, 0.25) is 0 Å². The lowest BCUT2D eigenvalue weighted by Crippen LogP contribution is -2.11. The van der Waals surface area contributed by atoms with Gasteiger partial charge in [0.05, 0.1) is 32.2 Å². The maximum absolute atomic E-state index is 11.5. The molecule has 11 nitrogen and oxygen atoms in total. The Labute approximate surface area is 223 Å². The lowest BCUT2D eigenvalue weighted by Gasteiger charge is -2.11. The first-order chi connectivity index (χ1) is 17.4. The van der Waals surface area contributed by atoms with Crippen molar-refractivity contribution in [3.8, 4) is 22.9 Å². The van der Waals surface area contributed by atoms with Crippen molar-refractivity contribution in [2.24, 2.45) is 0 Å². The van der Waals surface area contributed by atoms with Gasteiger partial charge in [0.25, 0.3) is 0 Å². The number of hydrogen-bond donors (Lipinski definition) is 2. The number of halogens is 1. The predicted octanol–water partition coefficient (Wildman–Crippen LogP) is 3.90. The third-order valence-corrected chi connectivity index (χ3v) is 6.20. The fourth-order valence-electron chi connectivity index (χ4n) is 3.16. The molecule has 0 radical (unpaired) electrons. The number of anilines is 2. The maximum Gasteiger partial charge on any atom is 0.238 e. The molecule has 1 aromatic carbocycles. The Morgan fingerprint density at radius 3 is 1.95 bits per heavy atom. The Kier molecular flexibility index (Phi) is 8.89. The van der Waals surface area contributed by atoms with Crippen molar-refractivity contribution in [2.45, 2.75) is 0 Å². The van der Waals surface area contributed by atoms with Crippen molar-refractivity contribution in [3.63, 3.8) is 0 Å². The summed E-state index contributed by atoms with van der Waals surface area (Å²) in [6.45, 7) is 0. The quantitative estimate of drug-likeness (QED) is 0.318. The summed E-state index contributed by atoms with van der Waals surface area (Å²) in [6, 6.07) is 12.9. The molecule has 0 atom stereocenters. The standard InChI is InChI=1S/C16H15N3O3S.C7H9BrN2O3S/c1-22-16-15(19-23(2,20)21)9-13(10-18-16)11-5-6-14-12(8-11)4-3-7-17-14;1-13-7-6(10-14(2,11)12)3-5(8)4-9-7/h3-10,19H,1-2H3;3-4,10H,1-2H3. The Bertz CT molecular complexity index is 1630. The highest BCUT2D eigenvalue weighted by Gasteiger charge is 2.12. The van der Waals surface area contributed by atoms with Gasteiger partial charge in [-0.1, -0.05) is 12.1 Å². The van der Waals surface area contributed by atoms with Gasteiger partial charge in [-0.3, -0.25) is 14.4 Å². The number of ether oxygens (including phenoxy) is 2. The van der Waals surface area contributed by atoms with Crippen LogP contribution in [0, 0.1) is 0 Å². The smallest absolute Gasteiger partial charge is 0.238 e. The van der Waals surface area contributed by atoms with Crippen LogP contribution in [0.25, 0.3) is 22.0 Å². The second-order valence-corrected chi connectivity index (χ2v) is 12.1. The molecule has 0 aliphatic carbocycles. The topological polar surface area (TPSA) is 149 Å². The summed E-state index contributed by atoms with van der Waals surface area (Å²) in [5.41, 5.74) is 3.20. The number of nitrogens with one attached hydrogen (secondary N) is 2. The van der Waals surface area contributed by atoms with Crippen LogP contribution in [0.4, 0.5) is 11.4 Å². The van der Waals surface area contributed by atoms with Crippen LogP contribution in [-0.4, -0.2) is 58.5 Å². The first-order valence-corrected chi connectivity index (χ1v) is 15.0. The van der Waals surface area contributed by atoms with E-state index in [-0.39, 0.29) is 11.8 Å². The molecule has 2 N–H and O–H groups in total. The first kappa shape index (κ1) is 28.1. The van der Waals surface area contributed by atoms with Gasteiger partial charge in [-0.15, -0.1) is 0 Å². The average Bonchev–Trinajstić information content (AvgIpc) is 2.82. The zero-order valence-electron chi connectivity index (χ0n) is 20.3. The molecule has 4 rings (SSSR count). The van der Waals surface area contributed by atoms with E-state index in [0.29, 0.717) is 15.8 Å². The summed E-state index contributed by atoms with van der Waals surface area (Å²) in [5.74, 6) is 0.459. The SMILES string of the molecule is COc1ncc(-c2ccc3ncccc3c2)cc1NS(C)(=O)=O.COc1ncc(Br)cc1NS(C)(=O)=O. The number of hydrogen-bond acceptors (Lipinski definition) is 9. The summed E-state index contributed by atoms with van der Waals surface area (Å²) in [4.78, 5) is 12.3. The van der Waals surface area contributed by atoms with Gasteiger partial charge in [-0.25, -0.2) is 26.8 Å². The molecule has 3 heterocycles. The van der Waals surface area contributed by atoms with Crippen molar-refractivity contribution in [1.82, 2.24) is 15.0 Å². The van der Waals surface area contributed by atoms with Crippen molar-refractivity contribution in [3.05, 3.63) is 65.5 Å². The molecule has 0 saturated carbocycles. The van der Waals surface area contributed by atoms with E-state index in [1.165, 1.54) is 20.4 Å². The van der Waals surface area contributed by atoms with Gasteiger partial charge >= 0.3 is 0 Å². The van der Waals surface area contributed by atoms with Crippen LogP contribution >= 0.6 is 15.9 Å². The molecule has 0 aliphatic rings. The number of rotatable bonds is 7. The van der Waals surface area contributed by atoms with Crippen molar-refractivity contribution in [1.29, 1.82) is 0 Å². The summed E-state index contributed by atoms with van der Waals surface area (Å²) in [7, 11) is -3.88. The fourth-order valence-corrected chi connectivity index (χ4v) is 4.59. The Balaban J connectivity index is 0.000000233. The minimum absolute atomic E-state index is 0.224. The van der Waals surface area contributed by atoms with E-state index in [2.05, 4.69) is 40.3 Å². The number of sulfonamides is 2. The van der Waals surface area contributed by atoms with E-state index >= 15 is 0 Å². The van der Waals surface area contributed by atoms with Gasteiger partial charge in [0, 0.05) is 34.0 Å². The molecule has 3 aromatic heterocycles. The third kappa shape index (κ3) is 8.27. The van der Waals surface area contributed by atoms with E-state index in [1.54, 1.807) is 24.5 Å². The molecule has 0 spiro atoms. The van der Waals surface area contributed by atoms with Gasteiger partial charge in [0.1, 0.15) is 11.4 Å². The highest BCUT2D eigenvalue weighted by atomic mass is 79.9. The summed E-state index contributed by atoms with van der Waals surface area (Å²) < 4.78 is 60.3. The van der Waals surface area contributed by atoms with Gasteiger partial charge in [0.2, 0.25) is 31.8 Å². The molecule has 4 aromatic rings. The van der Waals surface area contributed by atoms with E-state index in [9.17, 15) is 16.8 Å². The molecule has 0 amide bonds. The number of aromatic nitrogens is 3. The van der Waals surface area contributed by atoms with Crippen LogP contribution < -0.4 is 18.9 Å². The lowest BCUT2D eigenvalue weighted by molar-refractivity contribution is 0.400. The lowest BCUT2D eigenvalue weighted by atomic mass is 10.0. The highest BCUT2D eigenvalue weighted by Crippen LogP contribution is 2.30. The molecule has 0 aliphatic heterocycles. The second kappa shape index (κ2) is 11.7. The summed E-state index contributed by atoms with van der Waals surface area (Å²) in [6.07, 6.45) is 7.05. The molecule has 37 heavy (non-hydrogen) atoms. The number of pyridine rings is 3. The molecule has 0 fully saturated rings. The zero-order valence-corrected chi connectivity index (χ0v) is 23.5. The van der Waals surface area contributed by atoms with Crippen LogP contribution in [0.3, 0.4) is 0 Å². The monoisotopic (exact) mass is 609 g/mol. The summed E-state index contributed by atoms with van der Waals surface area (Å²) in [5, 5.41) is 0.999. The van der Waals surface area contributed by atoms with Crippen LogP contribution in [0.15, 0.2) is 65.5 Å². The third-order valence-electron chi connectivity index (χ3n) is 4.58. The second-order valence-electron chi connectivity index (χ2n) is 7.65. The minimum atomic E-state index is -3.42. The summed E-state index contributed by atoms with van der Waals surface area (Å²) >= 11 is 3.18. The normalized spacial score (nSPS) is 11.3. The Morgan fingerprint density at radius 2 is 1.35 bits per heavy atom. The number of methoxy groups -OCH3 is 2. The first-order valence-electron chi connectivity index (χ1n) is 10.4. The van der Waals surface area contributed by atoms with Crippen LogP contribution in [0.1, 0.15) is 0 Å². The average molecular weight is 611 g/mol. The molecule has 0 unspecified atom stereocenters. The van der Waals surface area contributed by atoms with Gasteiger partial charge in [-0.2, -0.15) is 0 Å². The molecule has 0 saturated heterocycles. The Hall–Kier alpha value is -3.49. The van der Waals surface area contributed by atoms with Gasteiger partial charge in [-0.05, 0) is 51.8 Å². The van der Waals surface area contributed by atoms with Crippen molar-refractivity contribution < 1.29 is 26.3 Å². The van der Waals surface area contributed by atoms with E-state index < -0.39 is 20.0 Å². The van der Waals surface area contributed by atoms with Crippen molar-refractivity contribution in [2.75, 3.05) is 36.2 Å². The minimum Gasteiger partial charge on any atom is -0.480 e. The van der Waals surface area contributed by atoms with E-state index in [1.807, 2.05) is 30.3 Å². The highest BCUT2D eigenvalue weighted by molar-refractivity contribution is 9.10. The van der Waals surface area contributed by atoms with E-state index in [0.717, 1.165) is 34.5 Å². The number of nitrogens with zero attached hydrogens (tertiary/aromatic N) is 3. The number of benzene rings is 1. The molecular weight excluding hydrogens is 586 g/mol. The largest absolute Gasteiger partial charge is 0.480 e. The molecular formula is C23H24BrN5O6S2. The van der Waals surface area contributed by atoms with Crippen LogP contribution in [-0.2, 0) is 20.0 Å². The zero-order chi connectivity index (χ0) is 27.2. The van der Waals surface area contributed by atoms with Crippen LogP contribution in [0.5, 0.6) is 11.8 Å². The van der Waals surface area contributed by atoms with Gasteiger partial charge in [0.15, 0.2) is 0 Å². The molecule has 14 heteroatoms. The fraction of sp³-hybridized carbons (Fsp3) is 0.174. The molecule has 0 bridgehead atoms. The van der Waals surface area contributed by atoms with Gasteiger partial charge < -0.3 is 9.47 Å². The Morgan fingerprint density at radius 1 is 0.757 bits per heavy atom. The predicted molar refractivity (Wildman–Crippen MR) is 147 cm³/mol. The van der Waals surface area contributed by atoms with E-state index in [4.69, 9.17) is 9.47 Å². The van der Waals surface area contributed by atoms with Crippen molar-refractivity contribution >= 4 is 58.3 Å².